The van der Waals surface area contributed by atoms with Gasteiger partial charge in [-0.1, -0.05) is 27.6 Å². The molecule has 0 bridgehead atoms. The molecule has 0 N–H and O–H groups in total. The summed E-state index contributed by atoms with van der Waals surface area (Å²) in [5.74, 6) is 0. The predicted molar refractivity (Wildman–Crippen MR) is 51.6 cm³/mol. The molecule has 0 aromatic heterocycles. The quantitative estimate of drug-likeness (QED) is 0.401. The molecule has 0 aliphatic carbocycles. The molecule has 62 valence electrons. The summed E-state index contributed by atoms with van der Waals surface area (Å²) in [6.45, 7) is 4.19. The van der Waals surface area contributed by atoms with Crippen molar-refractivity contribution in [2.24, 2.45) is 0 Å². The second-order valence-corrected chi connectivity index (χ2v) is 3.91. The molecule has 1 nitrogen and oxygen atoms in total. The Balaban J connectivity index is 3.30. The van der Waals surface area contributed by atoms with E-state index in [1.54, 1.807) is 0 Å². The van der Waals surface area contributed by atoms with Crippen LogP contribution in [0, 0.1) is 11.3 Å². The highest BCUT2D eigenvalue weighted by atomic mass is 79.9. The number of nitriles is 1. The number of halogens is 1. The maximum absolute atomic E-state index is 8.43. The van der Waals surface area contributed by atoms with Gasteiger partial charge in [-0.2, -0.15) is 5.26 Å². The van der Waals surface area contributed by atoms with Gasteiger partial charge in [0.15, 0.2) is 0 Å². The van der Waals surface area contributed by atoms with Crippen LogP contribution in [0.2, 0.25) is 0 Å². The van der Waals surface area contributed by atoms with Crippen LogP contribution in [-0.2, 0) is 0 Å². The Kier molecular flexibility index (Phi) is 6.25. The van der Waals surface area contributed by atoms with Gasteiger partial charge in [-0.3, -0.25) is 0 Å². The lowest BCUT2D eigenvalue weighted by atomic mass is 10.1. The summed E-state index contributed by atoms with van der Waals surface area (Å²) < 4.78 is 0. The molecule has 0 fully saturated rings. The molecule has 0 saturated heterocycles. The van der Waals surface area contributed by atoms with E-state index in [1.165, 1.54) is 5.57 Å². The molecule has 0 amide bonds. The van der Waals surface area contributed by atoms with Gasteiger partial charge in [-0.25, -0.2) is 0 Å². The Morgan fingerprint density at radius 3 is 2.73 bits per heavy atom. The van der Waals surface area contributed by atoms with Crippen LogP contribution < -0.4 is 0 Å². The summed E-state index contributed by atoms with van der Waals surface area (Å²) in [6.07, 6.45) is 5.33. The van der Waals surface area contributed by atoms with Crippen molar-refractivity contribution in [2.75, 3.05) is 0 Å². The van der Waals surface area contributed by atoms with Crippen LogP contribution >= 0.6 is 15.9 Å². The topological polar surface area (TPSA) is 23.8 Å². The lowest BCUT2D eigenvalue weighted by Crippen LogP contribution is -1.91. The van der Waals surface area contributed by atoms with Crippen LogP contribution in [0.4, 0.5) is 0 Å². The zero-order valence-electron chi connectivity index (χ0n) is 7.10. The minimum Gasteiger partial charge on any atom is -0.197 e. The van der Waals surface area contributed by atoms with Gasteiger partial charge in [0, 0.05) is 0 Å². The van der Waals surface area contributed by atoms with E-state index in [9.17, 15) is 0 Å². The molecule has 0 aliphatic heterocycles. The van der Waals surface area contributed by atoms with E-state index in [1.807, 2.05) is 0 Å². The molecule has 1 unspecified atom stereocenters. The van der Waals surface area contributed by atoms with E-state index < -0.39 is 0 Å². The summed E-state index contributed by atoms with van der Waals surface area (Å²) in [5.41, 5.74) is 1.35. The van der Waals surface area contributed by atoms with E-state index in [0.29, 0.717) is 0 Å². The van der Waals surface area contributed by atoms with Crippen molar-refractivity contribution < 1.29 is 0 Å². The van der Waals surface area contributed by atoms with Crippen molar-refractivity contribution in [2.45, 2.75) is 37.9 Å². The van der Waals surface area contributed by atoms with Crippen molar-refractivity contribution in [1.82, 2.24) is 0 Å². The highest BCUT2D eigenvalue weighted by Gasteiger charge is 1.98. The van der Waals surface area contributed by atoms with Crippen molar-refractivity contribution in [3.8, 4) is 6.07 Å². The Morgan fingerprint density at radius 1 is 1.64 bits per heavy atom. The third-order valence-electron chi connectivity index (χ3n) is 1.35. The van der Waals surface area contributed by atoms with E-state index in [0.717, 1.165) is 19.3 Å². The number of hydrogen-bond donors (Lipinski definition) is 0. The molecule has 1 atom stereocenters. The van der Waals surface area contributed by atoms with Crippen LogP contribution in [0.15, 0.2) is 11.6 Å². The number of hydrogen-bond acceptors (Lipinski definition) is 1. The Bertz CT molecular complexity index is 163. The van der Waals surface area contributed by atoms with Gasteiger partial charge >= 0.3 is 0 Å². The smallest absolute Gasteiger partial charge is 0.101 e. The van der Waals surface area contributed by atoms with Crippen molar-refractivity contribution in [3.63, 3.8) is 0 Å². The van der Waals surface area contributed by atoms with Gasteiger partial charge in [-0.05, 0) is 33.1 Å². The third kappa shape index (κ3) is 7.61. The first kappa shape index (κ1) is 10.7. The first-order valence-corrected chi connectivity index (χ1v) is 4.75. The number of alkyl halides is 1. The summed E-state index contributed by atoms with van der Waals surface area (Å²) in [4.78, 5) is 0.0352. The van der Waals surface area contributed by atoms with Gasteiger partial charge < -0.3 is 0 Å². The maximum Gasteiger partial charge on any atom is 0.101 e. The van der Waals surface area contributed by atoms with Gasteiger partial charge in [0.05, 0.1) is 6.07 Å². The maximum atomic E-state index is 8.43. The highest BCUT2D eigenvalue weighted by molar-refractivity contribution is 9.09. The van der Waals surface area contributed by atoms with Gasteiger partial charge in [0.2, 0.25) is 0 Å². The van der Waals surface area contributed by atoms with Crippen LogP contribution in [0.5, 0.6) is 0 Å². The van der Waals surface area contributed by atoms with Crippen LogP contribution in [0.3, 0.4) is 0 Å². The minimum atomic E-state index is 0.0352. The molecule has 0 heterocycles. The fraction of sp³-hybridized carbons (Fsp3) is 0.667. The zero-order valence-corrected chi connectivity index (χ0v) is 8.69. The van der Waals surface area contributed by atoms with Crippen molar-refractivity contribution in [3.05, 3.63) is 11.6 Å². The Morgan fingerprint density at radius 2 is 2.27 bits per heavy atom. The lowest BCUT2D eigenvalue weighted by molar-refractivity contribution is 0.780. The van der Waals surface area contributed by atoms with E-state index in [4.69, 9.17) is 5.26 Å². The first-order valence-electron chi connectivity index (χ1n) is 3.84. The molecular formula is C9H14BrN. The lowest BCUT2D eigenvalue weighted by Gasteiger charge is -1.97. The van der Waals surface area contributed by atoms with Crippen LogP contribution in [-0.4, -0.2) is 4.83 Å². The van der Waals surface area contributed by atoms with Gasteiger partial charge in [0.1, 0.15) is 4.83 Å². The molecule has 0 spiro atoms. The summed E-state index contributed by atoms with van der Waals surface area (Å²) in [6, 6.07) is 2.15. The predicted octanol–water partition coefficient (Wildman–Crippen LogP) is 3.41. The fourth-order valence-electron chi connectivity index (χ4n) is 0.752. The largest absolute Gasteiger partial charge is 0.197 e. The van der Waals surface area contributed by atoms with Gasteiger partial charge in [-0.15, -0.1) is 0 Å². The highest BCUT2D eigenvalue weighted by Crippen LogP contribution is 2.09. The zero-order chi connectivity index (χ0) is 8.69. The van der Waals surface area contributed by atoms with E-state index in [-0.39, 0.29) is 4.83 Å². The number of nitrogens with zero attached hydrogens (tertiary/aromatic N) is 1. The van der Waals surface area contributed by atoms with Crippen LogP contribution in [0.1, 0.15) is 33.1 Å². The third-order valence-corrected chi connectivity index (χ3v) is 2.02. The molecule has 0 aliphatic rings. The Hall–Kier alpha value is -0.290. The number of rotatable bonds is 4. The average molecular weight is 216 g/mol. The molecule has 0 radical (unpaired) electrons. The van der Waals surface area contributed by atoms with E-state index in [2.05, 4.69) is 41.9 Å². The summed E-state index contributed by atoms with van der Waals surface area (Å²) >= 11 is 3.26. The molecule has 11 heavy (non-hydrogen) atoms. The minimum absolute atomic E-state index is 0.0352. The second kappa shape index (κ2) is 6.42. The monoisotopic (exact) mass is 215 g/mol. The molecular weight excluding hydrogens is 202 g/mol. The first-order chi connectivity index (χ1) is 5.16. The summed E-state index contributed by atoms with van der Waals surface area (Å²) in [5, 5.41) is 8.43. The molecule has 0 aromatic rings. The number of unbranched alkanes of at least 4 members (excludes halogenated alkanes) is 1. The summed E-state index contributed by atoms with van der Waals surface area (Å²) in [7, 11) is 0. The van der Waals surface area contributed by atoms with E-state index >= 15 is 0 Å². The molecule has 0 saturated carbocycles. The van der Waals surface area contributed by atoms with Gasteiger partial charge in [0.25, 0.3) is 0 Å². The fourth-order valence-corrected chi connectivity index (χ4v) is 1.08. The number of allylic oxidation sites excluding steroid dienone is 2. The molecule has 0 aromatic carbocycles. The second-order valence-electron chi connectivity index (χ2n) is 2.81. The normalized spacial score (nSPS) is 11.8. The Labute approximate surface area is 77.2 Å². The standard InChI is InChI=1S/C9H14BrN/c1-8(2)5-3-4-6-9(10)7-11/h5,9H,3-4,6H2,1-2H3. The average Bonchev–Trinajstić information content (AvgIpc) is 1.97. The van der Waals surface area contributed by atoms with Crippen molar-refractivity contribution >= 4 is 15.9 Å². The van der Waals surface area contributed by atoms with Crippen molar-refractivity contribution in [1.29, 1.82) is 5.26 Å². The molecule has 2 heteroatoms. The SMILES string of the molecule is CC(C)=CCCCC(Br)C#N. The van der Waals surface area contributed by atoms with Crippen LogP contribution in [0.25, 0.3) is 0 Å². The molecule has 0 rings (SSSR count).